The molecule has 1 aromatic heterocycles. The predicted molar refractivity (Wildman–Crippen MR) is 94.2 cm³/mol. The number of allylic oxidation sites excluding steroid dienone is 1. The van der Waals surface area contributed by atoms with Gasteiger partial charge in [0.15, 0.2) is 5.82 Å². The van der Waals surface area contributed by atoms with E-state index in [0.717, 1.165) is 37.9 Å². The molecule has 2 aromatic rings. The van der Waals surface area contributed by atoms with Gasteiger partial charge < -0.3 is 10.6 Å². The van der Waals surface area contributed by atoms with Gasteiger partial charge in [0.05, 0.1) is 11.8 Å². The first-order valence-electron chi connectivity index (χ1n) is 8.56. The maximum absolute atomic E-state index is 12.6. The minimum Gasteiger partial charge on any atom is -0.353 e. The van der Waals surface area contributed by atoms with Gasteiger partial charge in [0.25, 0.3) is 0 Å². The molecule has 0 saturated heterocycles. The summed E-state index contributed by atoms with van der Waals surface area (Å²) in [5.74, 6) is 0.803. The lowest BCUT2D eigenvalue weighted by Crippen LogP contribution is -2.09. The number of alkyl halides is 3. The van der Waals surface area contributed by atoms with Crippen molar-refractivity contribution in [2.24, 2.45) is 0 Å². The van der Waals surface area contributed by atoms with Crippen LogP contribution in [0.1, 0.15) is 37.7 Å². The molecular weight excluding hydrogens is 343 g/mol. The minimum atomic E-state index is -4.35. The van der Waals surface area contributed by atoms with Gasteiger partial charge in [0.2, 0.25) is 5.95 Å². The maximum Gasteiger partial charge on any atom is 0.416 e. The van der Waals surface area contributed by atoms with Crippen molar-refractivity contribution in [3.8, 4) is 0 Å². The highest BCUT2D eigenvalue weighted by Crippen LogP contribution is 2.30. The molecule has 1 aromatic carbocycles. The number of rotatable bonds is 6. The van der Waals surface area contributed by atoms with E-state index in [4.69, 9.17) is 0 Å². The molecule has 2 N–H and O–H groups in total. The standard InChI is InChI=1S/C18H20F3N5/c19-18(20,21)14-6-8-15(9-7-14)24-16-12-23-26-17(25-16)22-11-10-13-4-2-1-3-5-13/h4,6-9,12H,1-3,5,10-11H2,(H2,22,24,25,26). The molecule has 0 fully saturated rings. The fourth-order valence-corrected chi connectivity index (χ4v) is 2.80. The second-order valence-electron chi connectivity index (χ2n) is 6.15. The van der Waals surface area contributed by atoms with E-state index in [-0.39, 0.29) is 0 Å². The van der Waals surface area contributed by atoms with Gasteiger partial charge >= 0.3 is 6.18 Å². The van der Waals surface area contributed by atoms with Crippen LogP contribution in [-0.2, 0) is 6.18 Å². The number of benzene rings is 1. The second kappa shape index (κ2) is 8.16. The summed E-state index contributed by atoms with van der Waals surface area (Å²) in [5.41, 5.74) is 1.26. The lowest BCUT2D eigenvalue weighted by Gasteiger charge is -2.13. The molecule has 0 bridgehead atoms. The summed E-state index contributed by atoms with van der Waals surface area (Å²) in [6.45, 7) is 0.719. The summed E-state index contributed by atoms with van der Waals surface area (Å²) in [4.78, 5) is 4.28. The molecule has 138 valence electrons. The van der Waals surface area contributed by atoms with E-state index in [1.54, 1.807) is 0 Å². The monoisotopic (exact) mass is 363 g/mol. The summed E-state index contributed by atoms with van der Waals surface area (Å²) < 4.78 is 37.8. The molecular formula is C18H20F3N5. The smallest absolute Gasteiger partial charge is 0.353 e. The zero-order valence-electron chi connectivity index (χ0n) is 14.2. The van der Waals surface area contributed by atoms with Crippen LogP contribution in [-0.4, -0.2) is 21.7 Å². The predicted octanol–water partition coefficient (Wildman–Crippen LogP) is 4.94. The van der Waals surface area contributed by atoms with E-state index in [0.29, 0.717) is 17.5 Å². The number of anilines is 3. The molecule has 5 nitrogen and oxygen atoms in total. The van der Waals surface area contributed by atoms with Crippen LogP contribution in [0.3, 0.4) is 0 Å². The molecule has 0 unspecified atom stereocenters. The number of hydrogen-bond acceptors (Lipinski definition) is 5. The number of nitrogens with zero attached hydrogens (tertiary/aromatic N) is 3. The highest BCUT2D eigenvalue weighted by atomic mass is 19.4. The van der Waals surface area contributed by atoms with Gasteiger partial charge in [-0.1, -0.05) is 11.6 Å². The van der Waals surface area contributed by atoms with Crippen molar-refractivity contribution >= 4 is 17.5 Å². The van der Waals surface area contributed by atoms with E-state index >= 15 is 0 Å². The SMILES string of the molecule is FC(F)(F)c1ccc(Nc2cnnc(NCCC3=CCCCC3)n2)cc1. The third-order valence-corrected chi connectivity index (χ3v) is 4.16. The Hall–Kier alpha value is -2.64. The highest BCUT2D eigenvalue weighted by Gasteiger charge is 2.29. The number of halogens is 3. The van der Waals surface area contributed by atoms with Gasteiger partial charge in [-0.15, -0.1) is 5.10 Å². The van der Waals surface area contributed by atoms with Crippen LogP contribution in [0.4, 0.5) is 30.6 Å². The molecule has 0 aliphatic heterocycles. The first-order chi connectivity index (χ1) is 12.5. The van der Waals surface area contributed by atoms with Gasteiger partial charge in [0, 0.05) is 12.2 Å². The van der Waals surface area contributed by atoms with E-state index < -0.39 is 11.7 Å². The molecule has 0 saturated carbocycles. The maximum atomic E-state index is 12.6. The third-order valence-electron chi connectivity index (χ3n) is 4.16. The Labute approximate surface area is 149 Å². The summed E-state index contributed by atoms with van der Waals surface area (Å²) in [5, 5.41) is 13.9. The van der Waals surface area contributed by atoms with Crippen molar-refractivity contribution in [2.75, 3.05) is 17.2 Å². The average molecular weight is 363 g/mol. The minimum absolute atomic E-state index is 0.387. The quantitative estimate of drug-likeness (QED) is 0.712. The zero-order valence-corrected chi connectivity index (χ0v) is 14.2. The molecule has 1 aliphatic rings. The first-order valence-corrected chi connectivity index (χ1v) is 8.56. The first kappa shape index (κ1) is 18.2. The third kappa shape index (κ3) is 5.18. The lowest BCUT2D eigenvalue weighted by molar-refractivity contribution is -0.137. The Morgan fingerprint density at radius 1 is 1.08 bits per heavy atom. The van der Waals surface area contributed by atoms with Gasteiger partial charge in [-0.2, -0.15) is 23.3 Å². The Balaban J connectivity index is 1.56. The van der Waals surface area contributed by atoms with Crippen molar-refractivity contribution in [1.82, 2.24) is 15.2 Å². The molecule has 1 aliphatic carbocycles. The van der Waals surface area contributed by atoms with E-state index in [1.807, 2.05) is 0 Å². The Kier molecular flexibility index (Phi) is 5.70. The Bertz CT molecular complexity index is 756. The van der Waals surface area contributed by atoms with Crippen LogP contribution < -0.4 is 10.6 Å². The fourth-order valence-electron chi connectivity index (χ4n) is 2.80. The van der Waals surface area contributed by atoms with Gasteiger partial charge in [0.1, 0.15) is 0 Å². The van der Waals surface area contributed by atoms with Crippen molar-refractivity contribution in [1.29, 1.82) is 0 Å². The van der Waals surface area contributed by atoms with Gasteiger partial charge in [-0.3, -0.25) is 0 Å². The number of aromatic nitrogens is 3. The van der Waals surface area contributed by atoms with Crippen LogP contribution in [0.2, 0.25) is 0 Å². The zero-order chi connectivity index (χ0) is 18.4. The van der Waals surface area contributed by atoms with Crippen LogP contribution in [0.25, 0.3) is 0 Å². The van der Waals surface area contributed by atoms with Gasteiger partial charge in [-0.25, -0.2) is 0 Å². The Morgan fingerprint density at radius 2 is 1.88 bits per heavy atom. The number of nitrogens with one attached hydrogen (secondary N) is 2. The summed E-state index contributed by atoms with van der Waals surface area (Å²) in [6.07, 6.45) is 5.13. The topological polar surface area (TPSA) is 62.7 Å². The normalized spacial score (nSPS) is 14.7. The largest absolute Gasteiger partial charge is 0.416 e. The van der Waals surface area contributed by atoms with Gasteiger partial charge in [-0.05, 0) is 56.4 Å². The van der Waals surface area contributed by atoms with Crippen molar-refractivity contribution in [2.45, 2.75) is 38.3 Å². The van der Waals surface area contributed by atoms with Crippen molar-refractivity contribution < 1.29 is 13.2 Å². The van der Waals surface area contributed by atoms with E-state index in [1.165, 1.54) is 36.7 Å². The molecule has 26 heavy (non-hydrogen) atoms. The number of hydrogen-bond donors (Lipinski definition) is 2. The van der Waals surface area contributed by atoms with Crippen LogP contribution >= 0.6 is 0 Å². The molecule has 1 heterocycles. The van der Waals surface area contributed by atoms with Crippen LogP contribution in [0.15, 0.2) is 42.1 Å². The van der Waals surface area contributed by atoms with Crippen molar-refractivity contribution in [3.05, 3.63) is 47.7 Å². The average Bonchev–Trinajstić information content (AvgIpc) is 2.63. The molecule has 0 spiro atoms. The lowest BCUT2D eigenvalue weighted by atomic mass is 9.97. The summed E-state index contributed by atoms with van der Waals surface area (Å²) >= 11 is 0. The molecule has 3 rings (SSSR count). The molecule has 0 radical (unpaired) electrons. The van der Waals surface area contributed by atoms with Crippen LogP contribution in [0.5, 0.6) is 0 Å². The molecule has 0 amide bonds. The van der Waals surface area contributed by atoms with Crippen molar-refractivity contribution in [3.63, 3.8) is 0 Å². The van der Waals surface area contributed by atoms with Crippen LogP contribution in [0, 0.1) is 0 Å². The summed E-state index contributed by atoms with van der Waals surface area (Å²) in [7, 11) is 0. The molecule has 0 atom stereocenters. The molecule has 8 heteroatoms. The second-order valence-corrected chi connectivity index (χ2v) is 6.15. The Morgan fingerprint density at radius 3 is 2.58 bits per heavy atom. The van der Waals surface area contributed by atoms with E-state index in [9.17, 15) is 13.2 Å². The summed E-state index contributed by atoms with van der Waals surface area (Å²) in [6, 6.07) is 4.75. The van der Waals surface area contributed by atoms with E-state index in [2.05, 4.69) is 31.9 Å². The highest BCUT2D eigenvalue weighted by molar-refractivity contribution is 5.56. The fraction of sp³-hybridized carbons (Fsp3) is 0.389.